The zero-order chi connectivity index (χ0) is 19.5. The Balaban J connectivity index is 1.78. The minimum atomic E-state index is -0.496. The second kappa shape index (κ2) is 10.5. The molecule has 0 aliphatic carbocycles. The highest BCUT2D eigenvalue weighted by molar-refractivity contribution is 5.93. The Morgan fingerprint density at radius 3 is 2.44 bits per heavy atom. The minimum Gasteiger partial charge on any atom is -0.497 e. The zero-order valence-electron chi connectivity index (χ0n) is 15.2. The average molecular weight is 370 g/mol. The van der Waals surface area contributed by atoms with Crippen LogP contribution in [0.4, 0.5) is 0 Å². The summed E-state index contributed by atoms with van der Waals surface area (Å²) in [6.07, 6.45) is 2.92. The fourth-order valence-corrected chi connectivity index (χ4v) is 2.11. The van der Waals surface area contributed by atoms with E-state index in [1.807, 2.05) is 25.1 Å². The van der Waals surface area contributed by atoms with Gasteiger partial charge < -0.3 is 14.2 Å². The second-order valence-corrected chi connectivity index (χ2v) is 5.32. The summed E-state index contributed by atoms with van der Waals surface area (Å²) in [5, 5.41) is 0. The molecule has 2 rings (SSSR count). The number of carbonyl (C=O) groups excluding carboxylic acids is 2. The molecular weight excluding hydrogens is 348 g/mol. The largest absolute Gasteiger partial charge is 0.497 e. The number of carbonyl (C=O) groups is 2. The molecule has 0 aromatic heterocycles. The second-order valence-electron chi connectivity index (χ2n) is 5.32. The third kappa shape index (κ3) is 6.74. The number of hydrogen-bond donors (Lipinski definition) is 2. The van der Waals surface area contributed by atoms with Crippen LogP contribution in [-0.4, -0.2) is 32.1 Å². The molecule has 7 heteroatoms. The summed E-state index contributed by atoms with van der Waals surface area (Å²) in [5.41, 5.74) is 5.37. The van der Waals surface area contributed by atoms with E-state index in [1.165, 1.54) is 6.08 Å². The average Bonchev–Trinajstić information content (AvgIpc) is 2.70. The number of hydrogen-bond acceptors (Lipinski definition) is 5. The molecule has 27 heavy (non-hydrogen) atoms. The maximum absolute atomic E-state index is 11.8. The van der Waals surface area contributed by atoms with E-state index in [-0.39, 0.29) is 6.61 Å². The van der Waals surface area contributed by atoms with E-state index in [2.05, 4.69) is 10.9 Å². The maximum Gasteiger partial charge on any atom is 0.276 e. The fraction of sp³-hybridized carbons (Fsp3) is 0.200. The Morgan fingerprint density at radius 1 is 1.00 bits per heavy atom. The van der Waals surface area contributed by atoms with Crippen molar-refractivity contribution in [2.45, 2.75) is 6.92 Å². The molecule has 0 radical (unpaired) electrons. The molecule has 2 aromatic carbocycles. The molecule has 2 aromatic rings. The topological polar surface area (TPSA) is 85.9 Å². The molecule has 0 saturated carbocycles. The summed E-state index contributed by atoms with van der Waals surface area (Å²) in [4.78, 5) is 23.6. The highest BCUT2D eigenvalue weighted by Gasteiger charge is 2.07. The van der Waals surface area contributed by atoms with Crippen LogP contribution in [0.25, 0.3) is 6.08 Å². The lowest BCUT2D eigenvalue weighted by Gasteiger charge is -2.11. The van der Waals surface area contributed by atoms with Crippen molar-refractivity contribution in [1.82, 2.24) is 10.9 Å². The van der Waals surface area contributed by atoms with E-state index >= 15 is 0 Å². The third-order valence-corrected chi connectivity index (χ3v) is 3.35. The fourth-order valence-electron chi connectivity index (χ4n) is 2.11. The van der Waals surface area contributed by atoms with Gasteiger partial charge in [0.25, 0.3) is 11.8 Å². The van der Waals surface area contributed by atoms with Gasteiger partial charge in [-0.25, -0.2) is 0 Å². The number of amides is 2. The summed E-state index contributed by atoms with van der Waals surface area (Å²) in [6, 6.07) is 14.3. The third-order valence-electron chi connectivity index (χ3n) is 3.35. The zero-order valence-corrected chi connectivity index (χ0v) is 15.2. The van der Waals surface area contributed by atoms with Gasteiger partial charge in [0.1, 0.15) is 5.75 Å². The number of para-hydroxylation sites is 2. The van der Waals surface area contributed by atoms with Crippen molar-refractivity contribution in [1.29, 1.82) is 0 Å². The van der Waals surface area contributed by atoms with Crippen LogP contribution in [0.15, 0.2) is 54.6 Å². The van der Waals surface area contributed by atoms with E-state index in [4.69, 9.17) is 14.2 Å². The van der Waals surface area contributed by atoms with Crippen LogP contribution < -0.4 is 25.1 Å². The summed E-state index contributed by atoms with van der Waals surface area (Å²) >= 11 is 0. The maximum atomic E-state index is 11.8. The van der Waals surface area contributed by atoms with Gasteiger partial charge in [-0.2, -0.15) is 0 Å². The molecule has 2 N–H and O–H groups in total. The van der Waals surface area contributed by atoms with Crippen molar-refractivity contribution in [3.05, 3.63) is 60.2 Å². The van der Waals surface area contributed by atoms with Crippen molar-refractivity contribution >= 4 is 17.9 Å². The van der Waals surface area contributed by atoms with Gasteiger partial charge >= 0.3 is 0 Å². The van der Waals surface area contributed by atoms with Crippen LogP contribution in [0.5, 0.6) is 17.2 Å². The Kier molecular flexibility index (Phi) is 7.71. The minimum absolute atomic E-state index is 0.260. The van der Waals surface area contributed by atoms with Crippen molar-refractivity contribution in [2.24, 2.45) is 0 Å². The molecule has 0 heterocycles. The van der Waals surface area contributed by atoms with E-state index in [1.54, 1.807) is 43.5 Å². The molecule has 0 aliphatic heterocycles. The standard InChI is InChI=1S/C20H22N2O5/c1-3-26-17-9-4-5-10-18(17)27-14-20(24)22-21-19(23)12-11-15-7-6-8-16(13-15)25-2/h4-13H,3,14H2,1-2H3,(H,21,23)(H,22,24)/b12-11+. The quantitative estimate of drug-likeness (QED) is 0.550. The SMILES string of the molecule is CCOc1ccccc1OCC(=O)NNC(=O)/C=C/c1cccc(OC)c1. The number of rotatable bonds is 8. The summed E-state index contributed by atoms with van der Waals surface area (Å²) in [7, 11) is 1.57. The van der Waals surface area contributed by atoms with Crippen molar-refractivity contribution in [2.75, 3.05) is 20.3 Å². The van der Waals surface area contributed by atoms with Crippen LogP contribution in [0, 0.1) is 0 Å². The summed E-state index contributed by atoms with van der Waals surface area (Å²) in [5.74, 6) is 0.734. The van der Waals surface area contributed by atoms with Crippen LogP contribution in [-0.2, 0) is 9.59 Å². The smallest absolute Gasteiger partial charge is 0.276 e. The van der Waals surface area contributed by atoms with Crippen molar-refractivity contribution in [3.8, 4) is 17.2 Å². The number of hydrazine groups is 1. The molecule has 0 aliphatic rings. The Bertz CT molecular complexity index is 804. The van der Waals surface area contributed by atoms with Crippen molar-refractivity contribution < 1.29 is 23.8 Å². The molecule has 0 atom stereocenters. The number of nitrogens with one attached hydrogen (secondary N) is 2. The number of benzene rings is 2. The summed E-state index contributed by atoms with van der Waals surface area (Å²) < 4.78 is 15.9. The normalized spacial score (nSPS) is 10.3. The van der Waals surface area contributed by atoms with Gasteiger partial charge in [0, 0.05) is 6.08 Å². The molecular formula is C20H22N2O5. The molecule has 0 unspecified atom stereocenters. The van der Waals surface area contributed by atoms with Crippen LogP contribution in [0.1, 0.15) is 12.5 Å². The summed E-state index contributed by atoms with van der Waals surface area (Å²) in [6.45, 7) is 2.09. The van der Waals surface area contributed by atoms with Crippen LogP contribution in [0.2, 0.25) is 0 Å². The van der Waals surface area contributed by atoms with Gasteiger partial charge in [-0.3, -0.25) is 20.4 Å². The van der Waals surface area contributed by atoms with E-state index in [0.29, 0.717) is 23.9 Å². The Hall–Kier alpha value is -3.48. The Morgan fingerprint density at radius 2 is 1.74 bits per heavy atom. The van der Waals surface area contributed by atoms with Gasteiger partial charge in [0.05, 0.1) is 13.7 Å². The molecule has 0 fully saturated rings. The lowest BCUT2D eigenvalue weighted by Crippen LogP contribution is -2.43. The number of methoxy groups -OCH3 is 1. The first kappa shape index (κ1) is 19.8. The number of ether oxygens (including phenoxy) is 3. The molecule has 0 saturated heterocycles. The first-order valence-electron chi connectivity index (χ1n) is 8.38. The lowest BCUT2D eigenvalue weighted by atomic mass is 10.2. The Labute approximate surface area is 157 Å². The highest BCUT2D eigenvalue weighted by Crippen LogP contribution is 2.26. The van der Waals surface area contributed by atoms with Crippen molar-refractivity contribution in [3.63, 3.8) is 0 Å². The molecule has 7 nitrogen and oxygen atoms in total. The molecule has 2 amide bonds. The molecule has 0 spiro atoms. The molecule has 142 valence electrons. The van der Waals surface area contributed by atoms with Gasteiger partial charge in [0.2, 0.25) is 0 Å². The predicted octanol–water partition coefficient (Wildman–Crippen LogP) is 2.33. The lowest BCUT2D eigenvalue weighted by molar-refractivity contribution is -0.128. The predicted molar refractivity (Wildman–Crippen MR) is 101 cm³/mol. The van der Waals surface area contributed by atoms with E-state index in [0.717, 1.165) is 5.56 Å². The first-order valence-corrected chi connectivity index (χ1v) is 8.38. The highest BCUT2D eigenvalue weighted by atomic mass is 16.5. The van der Waals surface area contributed by atoms with E-state index in [9.17, 15) is 9.59 Å². The monoisotopic (exact) mass is 370 g/mol. The molecule has 0 bridgehead atoms. The van der Waals surface area contributed by atoms with Gasteiger partial charge in [-0.1, -0.05) is 24.3 Å². The van der Waals surface area contributed by atoms with Gasteiger partial charge in [0.15, 0.2) is 18.1 Å². The van der Waals surface area contributed by atoms with Gasteiger partial charge in [-0.15, -0.1) is 0 Å². The van der Waals surface area contributed by atoms with Crippen LogP contribution in [0.3, 0.4) is 0 Å². The first-order chi connectivity index (χ1) is 13.1. The van der Waals surface area contributed by atoms with Crippen LogP contribution >= 0.6 is 0 Å². The van der Waals surface area contributed by atoms with Gasteiger partial charge in [-0.05, 0) is 42.8 Å². The van der Waals surface area contributed by atoms with E-state index < -0.39 is 11.8 Å².